The third-order valence-corrected chi connectivity index (χ3v) is 3.11. The highest BCUT2D eigenvalue weighted by Crippen LogP contribution is 2.24. The van der Waals surface area contributed by atoms with Crippen molar-refractivity contribution < 1.29 is 23.9 Å². The molecule has 1 fully saturated rings. The number of imide groups is 1. The molecule has 0 aliphatic heterocycles. The highest BCUT2D eigenvalue weighted by molar-refractivity contribution is 5.95. The predicted molar refractivity (Wildman–Crippen MR) is 82.8 cm³/mol. The summed E-state index contributed by atoms with van der Waals surface area (Å²) in [7, 11) is 0. The van der Waals surface area contributed by atoms with Crippen LogP contribution in [0.3, 0.4) is 0 Å². The first-order chi connectivity index (χ1) is 11.1. The van der Waals surface area contributed by atoms with E-state index in [9.17, 15) is 14.4 Å². The molecule has 7 nitrogen and oxygen atoms in total. The van der Waals surface area contributed by atoms with Crippen LogP contribution in [0.5, 0.6) is 11.5 Å². The standard InChI is InChI=1S/C16H20N2O5/c1-2-7-22-13-6-3-11(9-19)14(8-13)23-10-15(20)18-16(21)17-12-4-5-12/h3,6,8-9,12H,2,4-5,7,10H2,1H3,(H2,17,18,20,21). The molecule has 2 rings (SSSR count). The van der Waals surface area contributed by atoms with E-state index in [4.69, 9.17) is 9.47 Å². The topological polar surface area (TPSA) is 93.7 Å². The Morgan fingerprint density at radius 3 is 2.74 bits per heavy atom. The Kier molecular flexibility index (Phi) is 5.96. The molecule has 0 atom stereocenters. The largest absolute Gasteiger partial charge is 0.493 e. The molecule has 1 aliphatic carbocycles. The molecule has 7 heteroatoms. The lowest BCUT2D eigenvalue weighted by Gasteiger charge is -2.11. The second-order valence-electron chi connectivity index (χ2n) is 5.25. The maximum absolute atomic E-state index is 11.7. The summed E-state index contributed by atoms with van der Waals surface area (Å²) in [5, 5.41) is 4.81. The lowest BCUT2D eigenvalue weighted by molar-refractivity contribution is -0.122. The van der Waals surface area contributed by atoms with Gasteiger partial charge in [0.25, 0.3) is 5.91 Å². The molecule has 3 amide bonds. The lowest BCUT2D eigenvalue weighted by atomic mass is 10.2. The van der Waals surface area contributed by atoms with E-state index < -0.39 is 11.9 Å². The maximum Gasteiger partial charge on any atom is 0.321 e. The number of hydrogen-bond donors (Lipinski definition) is 2. The first-order valence-corrected chi connectivity index (χ1v) is 7.57. The summed E-state index contributed by atoms with van der Waals surface area (Å²) in [5.41, 5.74) is 0.309. The minimum absolute atomic E-state index is 0.165. The van der Waals surface area contributed by atoms with Gasteiger partial charge in [0.15, 0.2) is 12.9 Å². The van der Waals surface area contributed by atoms with E-state index in [1.54, 1.807) is 18.2 Å². The molecule has 1 aliphatic rings. The minimum atomic E-state index is -0.583. The number of carbonyl (C=O) groups excluding carboxylic acids is 3. The van der Waals surface area contributed by atoms with Gasteiger partial charge in [-0.25, -0.2) is 4.79 Å². The number of carbonyl (C=O) groups is 3. The van der Waals surface area contributed by atoms with Crippen molar-refractivity contribution in [1.82, 2.24) is 10.6 Å². The Morgan fingerprint density at radius 1 is 1.30 bits per heavy atom. The van der Waals surface area contributed by atoms with Crippen LogP contribution in [-0.4, -0.2) is 37.5 Å². The van der Waals surface area contributed by atoms with Gasteiger partial charge < -0.3 is 14.8 Å². The first-order valence-electron chi connectivity index (χ1n) is 7.57. The normalized spacial score (nSPS) is 13.1. The van der Waals surface area contributed by atoms with Crippen LogP contribution in [0.1, 0.15) is 36.5 Å². The van der Waals surface area contributed by atoms with Crippen molar-refractivity contribution in [2.45, 2.75) is 32.2 Å². The molecule has 1 saturated carbocycles. The lowest BCUT2D eigenvalue weighted by Crippen LogP contribution is -2.42. The van der Waals surface area contributed by atoms with Crippen LogP contribution in [0.2, 0.25) is 0 Å². The van der Waals surface area contributed by atoms with Crippen molar-refractivity contribution in [1.29, 1.82) is 0 Å². The average molecular weight is 320 g/mol. The molecule has 0 aromatic heterocycles. The maximum atomic E-state index is 11.7. The van der Waals surface area contributed by atoms with Crippen LogP contribution in [0.25, 0.3) is 0 Å². The molecule has 0 unspecified atom stereocenters. The van der Waals surface area contributed by atoms with Gasteiger partial charge in [0.2, 0.25) is 0 Å². The van der Waals surface area contributed by atoms with Crippen LogP contribution in [0, 0.1) is 0 Å². The summed E-state index contributed by atoms with van der Waals surface area (Å²) in [6, 6.07) is 4.41. The second-order valence-corrected chi connectivity index (χ2v) is 5.25. The number of urea groups is 1. The molecule has 23 heavy (non-hydrogen) atoms. The van der Waals surface area contributed by atoms with Gasteiger partial charge in [-0.2, -0.15) is 0 Å². The first kappa shape index (κ1) is 16.8. The monoisotopic (exact) mass is 320 g/mol. The van der Waals surface area contributed by atoms with Gasteiger partial charge in [0.1, 0.15) is 11.5 Å². The fraction of sp³-hybridized carbons (Fsp3) is 0.438. The molecule has 0 radical (unpaired) electrons. The summed E-state index contributed by atoms with van der Waals surface area (Å²) in [5.74, 6) is 0.213. The molecule has 124 valence electrons. The van der Waals surface area contributed by atoms with Gasteiger partial charge in [0.05, 0.1) is 12.2 Å². The SMILES string of the molecule is CCCOc1ccc(C=O)c(OCC(=O)NC(=O)NC2CC2)c1. The molecule has 1 aromatic carbocycles. The Bertz CT molecular complexity index is 584. The molecule has 2 N–H and O–H groups in total. The molecule has 0 spiro atoms. The van der Waals surface area contributed by atoms with E-state index in [0.717, 1.165) is 19.3 Å². The molecule has 0 saturated heterocycles. The fourth-order valence-corrected chi connectivity index (χ4v) is 1.80. The van der Waals surface area contributed by atoms with Crippen molar-refractivity contribution in [2.75, 3.05) is 13.2 Å². The highest BCUT2D eigenvalue weighted by Gasteiger charge is 2.24. The van der Waals surface area contributed by atoms with Gasteiger partial charge in [-0.1, -0.05) is 6.92 Å². The van der Waals surface area contributed by atoms with Gasteiger partial charge in [-0.3, -0.25) is 14.9 Å². The number of rotatable bonds is 8. The Morgan fingerprint density at radius 2 is 2.09 bits per heavy atom. The smallest absolute Gasteiger partial charge is 0.321 e. The zero-order valence-corrected chi connectivity index (χ0v) is 13.0. The van der Waals surface area contributed by atoms with Gasteiger partial charge in [0, 0.05) is 12.1 Å². The number of nitrogens with one attached hydrogen (secondary N) is 2. The zero-order valence-electron chi connectivity index (χ0n) is 13.0. The number of ether oxygens (including phenoxy) is 2. The van der Waals surface area contributed by atoms with Crippen molar-refractivity contribution in [3.8, 4) is 11.5 Å². The summed E-state index contributed by atoms with van der Waals surface area (Å²) < 4.78 is 10.8. The Balaban J connectivity index is 1.88. The second kappa shape index (κ2) is 8.17. The minimum Gasteiger partial charge on any atom is -0.493 e. The summed E-state index contributed by atoms with van der Waals surface area (Å²) >= 11 is 0. The predicted octanol–water partition coefficient (Wildman–Crippen LogP) is 1.65. The molecular formula is C16H20N2O5. The van der Waals surface area contributed by atoms with Crippen LogP contribution in [0.4, 0.5) is 4.79 Å². The number of benzene rings is 1. The third-order valence-electron chi connectivity index (χ3n) is 3.11. The van der Waals surface area contributed by atoms with Crippen LogP contribution < -0.4 is 20.1 Å². The molecule has 1 aromatic rings. The summed E-state index contributed by atoms with van der Waals surface area (Å²) in [6.07, 6.45) is 3.36. The number of aldehydes is 1. The van der Waals surface area contributed by atoms with Crippen molar-refractivity contribution in [3.63, 3.8) is 0 Å². The fourth-order valence-electron chi connectivity index (χ4n) is 1.80. The van der Waals surface area contributed by atoms with Crippen LogP contribution >= 0.6 is 0 Å². The summed E-state index contributed by atoms with van der Waals surface area (Å²) in [4.78, 5) is 34.1. The van der Waals surface area contributed by atoms with Crippen molar-refractivity contribution in [3.05, 3.63) is 23.8 Å². The van der Waals surface area contributed by atoms with Crippen LogP contribution in [-0.2, 0) is 4.79 Å². The Hall–Kier alpha value is -2.57. The third kappa shape index (κ3) is 5.61. The zero-order chi connectivity index (χ0) is 16.7. The van der Waals surface area contributed by atoms with E-state index in [-0.39, 0.29) is 18.4 Å². The van der Waals surface area contributed by atoms with Crippen molar-refractivity contribution in [2.24, 2.45) is 0 Å². The number of hydrogen-bond acceptors (Lipinski definition) is 5. The van der Waals surface area contributed by atoms with Crippen molar-refractivity contribution >= 4 is 18.2 Å². The van der Waals surface area contributed by atoms with E-state index in [0.29, 0.717) is 24.2 Å². The molecule has 0 bridgehead atoms. The van der Waals surface area contributed by atoms with Gasteiger partial charge in [-0.15, -0.1) is 0 Å². The molecular weight excluding hydrogens is 300 g/mol. The quantitative estimate of drug-likeness (QED) is 0.710. The number of amides is 3. The van der Waals surface area contributed by atoms with Gasteiger partial charge >= 0.3 is 6.03 Å². The van der Waals surface area contributed by atoms with E-state index in [1.807, 2.05) is 6.92 Å². The summed E-state index contributed by atoms with van der Waals surface area (Å²) in [6.45, 7) is 2.16. The van der Waals surface area contributed by atoms with Gasteiger partial charge in [-0.05, 0) is 31.4 Å². The average Bonchev–Trinajstić information content (AvgIpc) is 3.34. The molecule has 0 heterocycles. The Labute approximate surface area is 134 Å². The highest BCUT2D eigenvalue weighted by atomic mass is 16.5. The van der Waals surface area contributed by atoms with E-state index >= 15 is 0 Å². The van der Waals surface area contributed by atoms with E-state index in [1.165, 1.54) is 0 Å². The van der Waals surface area contributed by atoms with E-state index in [2.05, 4.69) is 10.6 Å². The van der Waals surface area contributed by atoms with Crippen LogP contribution in [0.15, 0.2) is 18.2 Å².